The minimum Gasteiger partial charge on any atom is -0.294 e. The molecule has 110 valence electrons. The molecule has 6 heteroatoms. The number of Topliss-reactive ketones (excluding diaryl/α,β-unsaturated/α-hetero) is 1. The van der Waals surface area contributed by atoms with Crippen molar-refractivity contribution in [3.05, 3.63) is 70.8 Å². The van der Waals surface area contributed by atoms with Gasteiger partial charge in [-0.3, -0.25) is 4.79 Å². The summed E-state index contributed by atoms with van der Waals surface area (Å²) in [6, 6.07) is 6.54. The highest BCUT2D eigenvalue weighted by Crippen LogP contribution is 2.30. The lowest BCUT2D eigenvalue weighted by atomic mass is 10.0. The first-order valence-electron chi connectivity index (χ1n) is 5.92. The molecule has 0 unspecified atom stereocenters. The minimum absolute atomic E-state index is 0.307. The first-order chi connectivity index (χ1) is 9.77. The van der Waals surface area contributed by atoms with Crippen LogP contribution in [0.2, 0.25) is 0 Å². The molecule has 0 spiro atoms. The molecule has 0 saturated heterocycles. The third kappa shape index (κ3) is 3.65. The van der Waals surface area contributed by atoms with Crippen LogP contribution in [0, 0.1) is 11.6 Å². The zero-order chi connectivity index (χ0) is 15.6. The van der Waals surface area contributed by atoms with Crippen molar-refractivity contribution >= 4 is 5.78 Å². The third-order valence-corrected chi connectivity index (χ3v) is 2.87. The predicted molar refractivity (Wildman–Crippen MR) is 65.8 cm³/mol. The Hall–Kier alpha value is -2.24. The average Bonchev–Trinajstić information content (AvgIpc) is 2.40. The highest BCUT2D eigenvalue weighted by Gasteiger charge is 2.31. The molecule has 2 aromatic carbocycles. The number of carbonyl (C=O) groups is 1. The van der Waals surface area contributed by atoms with Crippen molar-refractivity contribution < 1.29 is 26.7 Å². The molecule has 0 fully saturated rings. The Bertz CT molecular complexity index is 659. The van der Waals surface area contributed by atoms with E-state index >= 15 is 0 Å². The molecule has 0 saturated carbocycles. The summed E-state index contributed by atoms with van der Waals surface area (Å²) in [4.78, 5) is 11.9. The summed E-state index contributed by atoms with van der Waals surface area (Å²) < 4.78 is 63.9. The molecule has 0 amide bonds. The highest BCUT2D eigenvalue weighted by atomic mass is 19.4. The van der Waals surface area contributed by atoms with Gasteiger partial charge in [-0.2, -0.15) is 13.2 Å². The molecule has 0 heterocycles. The van der Waals surface area contributed by atoms with Crippen LogP contribution in [0.1, 0.15) is 21.5 Å². The first-order valence-corrected chi connectivity index (χ1v) is 5.92. The Morgan fingerprint density at radius 2 is 1.57 bits per heavy atom. The van der Waals surface area contributed by atoms with Gasteiger partial charge in [0.05, 0.1) is 11.1 Å². The van der Waals surface area contributed by atoms with Crippen LogP contribution < -0.4 is 0 Å². The molecule has 21 heavy (non-hydrogen) atoms. The SMILES string of the molecule is O=C(Cc1ccc(F)cc1)c1cc(C(F)(F)F)ccc1F. The van der Waals surface area contributed by atoms with E-state index in [1.807, 2.05) is 0 Å². The van der Waals surface area contributed by atoms with Crippen LogP contribution in [0.5, 0.6) is 0 Å². The van der Waals surface area contributed by atoms with E-state index in [1.54, 1.807) is 0 Å². The van der Waals surface area contributed by atoms with Crippen molar-refractivity contribution in [1.82, 2.24) is 0 Å². The van der Waals surface area contributed by atoms with Crippen LogP contribution in [0.25, 0.3) is 0 Å². The summed E-state index contributed by atoms with van der Waals surface area (Å²) in [5.41, 5.74) is -1.33. The lowest BCUT2D eigenvalue weighted by Gasteiger charge is -2.09. The van der Waals surface area contributed by atoms with Crippen molar-refractivity contribution in [2.24, 2.45) is 0 Å². The van der Waals surface area contributed by atoms with E-state index in [2.05, 4.69) is 0 Å². The number of carbonyl (C=O) groups excluding carboxylic acids is 1. The van der Waals surface area contributed by atoms with Gasteiger partial charge in [-0.15, -0.1) is 0 Å². The van der Waals surface area contributed by atoms with Gasteiger partial charge in [0, 0.05) is 6.42 Å². The summed E-state index contributed by atoms with van der Waals surface area (Å²) in [7, 11) is 0. The third-order valence-electron chi connectivity index (χ3n) is 2.87. The number of hydrogen-bond donors (Lipinski definition) is 0. The van der Waals surface area contributed by atoms with Crippen LogP contribution in [0.15, 0.2) is 42.5 Å². The molecule has 0 N–H and O–H groups in total. The minimum atomic E-state index is -4.65. The summed E-state index contributed by atoms with van der Waals surface area (Å²) >= 11 is 0. The normalized spacial score (nSPS) is 11.5. The zero-order valence-corrected chi connectivity index (χ0v) is 10.5. The molecule has 0 radical (unpaired) electrons. The maximum Gasteiger partial charge on any atom is 0.416 e. The van der Waals surface area contributed by atoms with Gasteiger partial charge in [-0.25, -0.2) is 8.78 Å². The van der Waals surface area contributed by atoms with Crippen LogP contribution in [0.3, 0.4) is 0 Å². The molecule has 0 bridgehead atoms. The van der Waals surface area contributed by atoms with Gasteiger partial charge in [0.1, 0.15) is 11.6 Å². The van der Waals surface area contributed by atoms with E-state index < -0.39 is 34.7 Å². The smallest absolute Gasteiger partial charge is 0.294 e. The van der Waals surface area contributed by atoms with Crippen molar-refractivity contribution in [3.63, 3.8) is 0 Å². The fraction of sp³-hybridized carbons (Fsp3) is 0.133. The van der Waals surface area contributed by atoms with Gasteiger partial charge < -0.3 is 0 Å². The van der Waals surface area contributed by atoms with Crippen LogP contribution >= 0.6 is 0 Å². The summed E-state index contributed by atoms with van der Waals surface area (Å²) in [5, 5.41) is 0. The van der Waals surface area contributed by atoms with Gasteiger partial charge in [0.25, 0.3) is 0 Å². The second-order valence-electron chi connectivity index (χ2n) is 4.42. The van der Waals surface area contributed by atoms with Crippen molar-refractivity contribution in [3.8, 4) is 0 Å². The van der Waals surface area contributed by atoms with Crippen LogP contribution in [-0.2, 0) is 12.6 Å². The number of benzene rings is 2. The monoisotopic (exact) mass is 300 g/mol. The molecular formula is C15H9F5O. The molecule has 0 aliphatic heterocycles. The lowest BCUT2D eigenvalue weighted by Crippen LogP contribution is -2.11. The molecular weight excluding hydrogens is 291 g/mol. The van der Waals surface area contributed by atoms with E-state index in [4.69, 9.17) is 0 Å². The van der Waals surface area contributed by atoms with Gasteiger partial charge >= 0.3 is 6.18 Å². The summed E-state index contributed by atoms with van der Waals surface area (Å²) in [5.74, 6) is -2.32. The molecule has 0 aliphatic rings. The van der Waals surface area contributed by atoms with Gasteiger partial charge in [0.2, 0.25) is 0 Å². The van der Waals surface area contributed by atoms with E-state index in [9.17, 15) is 26.7 Å². The predicted octanol–water partition coefficient (Wildman–Crippen LogP) is 4.41. The van der Waals surface area contributed by atoms with E-state index in [-0.39, 0.29) is 6.42 Å². The zero-order valence-electron chi connectivity index (χ0n) is 10.5. The Morgan fingerprint density at radius 3 is 2.14 bits per heavy atom. The number of halogens is 5. The Balaban J connectivity index is 2.28. The maximum atomic E-state index is 13.5. The lowest BCUT2D eigenvalue weighted by molar-refractivity contribution is -0.137. The van der Waals surface area contributed by atoms with Crippen molar-refractivity contribution in [2.45, 2.75) is 12.6 Å². The second-order valence-corrected chi connectivity index (χ2v) is 4.42. The molecule has 2 aromatic rings. The maximum absolute atomic E-state index is 13.5. The number of alkyl halides is 3. The topological polar surface area (TPSA) is 17.1 Å². The standard InChI is InChI=1S/C15H9F5O/c16-11-4-1-9(2-5-11)7-14(21)12-8-10(15(18,19)20)3-6-13(12)17/h1-6,8H,7H2. The van der Waals surface area contributed by atoms with Crippen molar-refractivity contribution in [2.75, 3.05) is 0 Å². The Labute approximate surface area is 117 Å². The number of ketones is 1. The summed E-state index contributed by atoms with van der Waals surface area (Å²) in [6.07, 6.45) is -4.96. The van der Waals surface area contributed by atoms with Crippen LogP contribution in [0.4, 0.5) is 22.0 Å². The molecule has 2 rings (SSSR count). The molecule has 0 atom stereocenters. The fourth-order valence-electron chi connectivity index (χ4n) is 1.80. The van der Waals surface area contributed by atoms with E-state index in [1.165, 1.54) is 12.1 Å². The molecule has 1 nitrogen and oxygen atoms in total. The largest absolute Gasteiger partial charge is 0.416 e. The first kappa shape index (κ1) is 15.2. The molecule has 0 aliphatic carbocycles. The number of hydrogen-bond acceptors (Lipinski definition) is 1. The fourth-order valence-corrected chi connectivity index (χ4v) is 1.80. The Kier molecular flexibility index (Phi) is 4.06. The summed E-state index contributed by atoms with van der Waals surface area (Å²) in [6.45, 7) is 0. The van der Waals surface area contributed by atoms with Gasteiger partial charge in [0.15, 0.2) is 5.78 Å². The second kappa shape index (κ2) is 5.63. The highest BCUT2D eigenvalue weighted by molar-refractivity contribution is 5.97. The van der Waals surface area contributed by atoms with E-state index in [0.717, 1.165) is 12.1 Å². The van der Waals surface area contributed by atoms with Gasteiger partial charge in [-0.05, 0) is 35.9 Å². The Morgan fingerprint density at radius 1 is 0.952 bits per heavy atom. The quantitative estimate of drug-likeness (QED) is 0.606. The van der Waals surface area contributed by atoms with E-state index in [0.29, 0.717) is 23.8 Å². The average molecular weight is 300 g/mol. The number of rotatable bonds is 3. The van der Waals surface area contributed by atoms with Crippen molar-refractivity contribution in [1.29, 1.82) is 0 Å². The van der Waals surface area contributed by atoms with Crippen LogP contribution in [-0.4, -0.2) is 5.78 Å². The van der Waals surface area contributed by atoms with Gasteiger partial charge in [-0.1, -0.05) is 12.1 Å². The molecule has 0 aromatic heterocycles.